The van der Waals surface area contributed by atoms with Crippen molar-refractivity contribution >= 4 is 18.3 Å². The molecule has 0 aliphatic rings. The van der Waals surface area contributed by atoms with Gasteiger partial charge >= 0.3 is 0 Å². The molecule has 9 heavy (non-hydrogen) atoms. The second-order valence-electron chi connectivity index (χ2n) is 1.56. The summed E-state index contributed by atoms with van der Waals surface area (Å²) < 4.78 is 4.68. The van der Waals surface area contributed by atoms with E-state index in [0.29, 0.717) is 13.0 Å². The second-order valence-corrected chi connectivity index (χ2v) is 1.56. The molecule has 4 heteroatoms. The first-order valence-electron chi connectivity index (χ1n) is 2.54. The Morgan fingerprint density at radius 1 is 1.67 bits per heavy atom. The van der Waals surface area contributed by atoms with Gasteiger partial charge in [-0.2, -0.15) is 0 Å². The summed E-state index contributed by atoms with van der Waals surface area (Å²) in [5.41, 5.74) is 4.84. The van der Waals surface area contributed by atoms with Gasteiger partial charge in [0.25, 0.3) is 0 Å². The topological polar surface area (TPSA) is 52.3 Å². The molecule has 0 aromatic rings. The van der Waals surface area contributed by atoms with Gasteiger partial charge in [0.1, 0.15) is 0 Å². The molecule has 0 heterocycles. The van der Waals surface area contributed by atoms with Crippen LogP contribution in [0.3, 0.4) is 0 Å². The average Bonchev–Trinajstić information content (AvgIpc) is 1.66. The lowest BCUT2D eigenvalue weighted by Gasteiger charge is -1.92. The van der Waals surface area contributed by atoms with Gasteiger partial charge < -0.3 is 10.5 Å². The Morgan fingerprint density at radius 2 is 2.22 bits per heavy atom. The number of carbonyl (C=O) groups is 1. The summed E-state index contributed by atoms with van der Waals surface area (Å²) in [6.07, 6.45) is 1.15. The van der Waals surface area contributed by atoms with E-state index in [0.717, 1.165) is 6.42 Å². The van der Waals surface area contributed by atoms with Crippen LogP contribution < -0.4 is 5.73 Å². The van der Waals surface area contributed by atoms with Crippen LogP contribution in [0.1, 0.15) is 12.8 Å². The molecule has 0 fully saturated rings. The maximum Gasteiger partial charge on any atom is 0.217 e. The van der Waals surface area contributed by atoms with E-state index in [2.05, 4.69) is 4.74 Å². The van der Waals surface area contributed by atoms with Crippen LogP contribution in [0.4, 0.5) is 0 Å². The van der Waals surface area contributed by atoms with Crippen LogP contribution in [0.5, 0.6) is 0 Å². The maximum atomic E-state index is 10.0. The predicted molar refractivity (Wildman–Crippen MR) is 37.6 cm³/mol. The van der Waals surface area contributed by atoms with Crippen LogP contribution >= 0.6 is 12.4 Å². The first-order valence-corrected chi connectivity index (χ1v) is 2.54. The summed E-state index contributed by atoms with van der Waals surface area (Å²) in [6.45, 7) is 0.614. The minimum atomic E-state index is -0.262. The Bertz CT molecular complexity index is 77.4. The van der Waals surface area contributed by atoms with Gasteiger partial charge in [0.05, 0.1) is 0 Å². The van der Waals surface area contributed by atoms with E-state index in [1.165, 1.54) is 0 Å². The quantitative estimate of drug-likeness (QED) is 0.592. The van der Waals surface area contributed by atoms with Crippen molar-refractivity contribution in [2.45, 2.75) is 12.8 Å². The molecule has 0 unspecified atom stereocenters. The minimum absolute atomic E-state index is 0. The molecule has 1 amide bonds. The van der Waals surface area contributed by atoms with Gasteiger partial charge in [-0.05, 0) is 6.42 Å². The second kappa shape index (κ2) is 7.72. The number of hydrogen-bond donors (Lipinski definition) is 1. The Balaban J connectivity index is 0. The van der Waals surface area contributed by atoms with Gasteiger partial charge in [-0.1, -0.05) is 0 Å². The molecule has 0 aliphatic carbocycles. The molecule has 0 aromatic carbocycles. The zero-order valence-corrected chi connectivity index (χ0v) is 6.24. The Morgan fingerprint density at radius 3 is 2.56 bits per heavy atom. The molecule has 0 aromatic heterocycles. The molecule has 2 N–H and O–H groups in total. The lowest BCUT2D eigenvalue weighted by Crippen LogP contribution is -2.10. The van der Waals surface area contributed by atoms with Crippen LogP contribution in [0.25, 0.3) is 0 Å². The number of hydrogen-bond acceptors (Lipinski definition) is 2. The van der Waals surface area contributed by atoms with Crippen LogP contribution in [-0.4, -0.2) is 19.6 Å². The van der Waals surface area contributed by atoms with Crippen molar-refractivity contribution in [2.75, 3.05) is 13.7 Å². The van der Waals surface area contributed by atoms with Crippen molar-refractivity contribution in [3.8, 4) is 0 Å². The number of carbonyl (C=O) groups excluding carboxylic acids is 1. The lowest BCUT2D eigenvalue weighted by molar-refractivity contribution is -0.118. The van der Waals surface area contributed by atoms with Gasteiger partial charge in [-0.25, -0.2) is 0 Å². The fourth-order valence-electron chi connectivity index (χ4n) is 0.391. The van der Waals surface area contributed by atoms with Gasteiger partial charge in [-0.3, -0.25) is 4.79 Å². The van der Waals surface area contributed by atoms with Crippen LogP contribution in [0, 0.1) is 0 Å². The fraction of sp³-hybridized carbons (Fsp3) is 0.800. The molecule has 0 bridgehead atoms. The zero-order chi connectivity index (χ0) is 6.41. The highest BCUT2D eigenvalue weighted by Gasteiger charge is 1.90. The Labute approximate surface area is 61.0 Å². The summed E-state index contributed by atoms with van der Waals surface area (Å²) in [4.78, 5) is 10.0. The van der Waals surface area contributed by atoms with Crippen LogP contribution in [0.15, 0.2) is 0 Å². The maximum absolute atomic E-state index is 10.0. The third-order valence-corrected chi connectivity index (χ3v) is 0.772. The highest BCUT2D eigenvalue weighted by Crippen LogP contribution is 1.85. The largest absolute Gasteiger partial charge is 0.385 e. The summed E-state index contributed by atoms with van der Waals surface area (Å²) in [6, 6.07) is 0. The van der Waals surface area contributed by atoms with Crippen molar-refractivity contribution in [1.82, 2.24) is 0 Å². The summed E-state index contributed by atoms with van der Waals surface area (Å²) in [5, 5.41) is 0. The summed E-state index contributed by atoms with van der Waals surface area (Å²) in [7, 11) is 1.60. The molecular weight excluding hydrogens is 142 g/mol. The molecule has 0 saturated heterocycles. The van der Waals surface area contributed by atoms with Crippen LogP contribution in [-0.2, 0) is 9.53 Å². The highest BCUT2D eigenvalue weighted by atomic mass is 35.5. The monoisotopic (exact) mass is 153 g/mol. The lowest BCUT2D eigenvalue weighted by atomic mass is 10.3. The third kappa shape index (κ3) is 11.3. The number of ether oxygens (including phenoxy) is 1. The number of rotatable bonds is 4. The van der Waals surface area contributed by atoms with Crippen molar-refractivity contribution in [3.05, 3.63) is 0 Å². The van der Waals surface area contributed by atoms with Crippen molar-refractivity contribution in [1.29, 1.82) is 0 Å². The molecular formula is C5H12ClNO2. The van der Waals surface area contributed by atoms with Crippen LogP contribution in [0.2, 0.25) is 0 Å². The summed E-state index contributed by atoms with van der Waals surface area (Å²) in [5.74, 6) is -0.262. The van der Waals surface area contributed by atoms with Crippen molar-refractivity contribution in [3.63, 3.8) is 0 Å². The Kier molecular flexibility index (Phi) is 9.87. The first kappa shape index (κ1) is 11.5. The number of nitrogens with two attached hydrogens (primary N) is 1. The SMILES string of the molecule is COCCCC(N)=O.Cl. The Hall–Kier alpha value is -0.280. The molecule has 0 saturated carbocycles. The smallest absolute Gasteiger partial charge is 0.217 e. The van der Waals surface area contributed by atoms with Gasteiger partial charge in [0.15, 0.2) is 0 Å². The van der Waals surface area contributed by atoms with Gasteiger partial charge in [-0.15, -0.1) is 12.4 Å². The predicted octanol–water partition coefficient (Wildman–Crippen LogP) is 0.320. The number of halogens is 1. The highest BCUT2D eigenvalue weighted by molar-refractivity contribution is 5.85. The van der Waals surface area contributed by atoms with E-state index in [9.17, 15) is 4.79 Å². The van der Waals surface area contributed by atoms with Gasteiger partial charge in [0.2, 0.25) is 5.91 Å². The van der Waals surface area contributed by atoms with Crippen molar-refractivity contribution in [2.24, 2.45) is 5.73 Å². The molecule has 0 radical (unpaired) electrons. The summed E-state index contributed by atoms with van der Waals surface area (Å²) >= 11 is 0. The van der Waals surface area contributed by atoms with E-state index in [1.54, 1.807) is 7.11 Å². The van der Waals surface area contributed by atoms with E-state index in [1.807, 2.05) is 0 Å². The fourth-order valence-corrected chi connectivity index (χ4v) is 0.391. The number of amides is 1. The van der Waals surface area contributed by atoms with Crippen molar-refractivity contribution < 1.29 is 9.53 Å². The first-order chi connectivity index (χ1) is 3.77. The number of primary amides is 1. The molecule has 0 rings (SSSR count). The molecule has 0 aliphatic heterocycles. The van der Waals surface area contributed by atoms with E-state index in [-0.39, 0.29) is 18.3 Å². The molecule has 0 atom stereocenters. The zero-order valence-electron chi connectivity index (χ0n) is 5.42. The average molecular weight is 154 g/mol. The normalized spacial score (nSPS) is 8.11. The van der Waals surface area contributed by atoms with E-state index < -0.39 is 0 Å². The van der Waals surface area contributed by atoms with E-state index in [4.69, 9.17) is 5.73 Å². The van der Waals surface area contributed by atoms with Gasteiger partial charge in [0, 0.05) is 20.1 Å². The standard InChI is InChI=1S/C5H11NO2.ClH/c1-8-4-2-3-5(6)7;/h2-4H2,1H3,(H2,6,7);1H. The molecule has 56 valence electrons. The van der Waals surface area contributed by atoms with E-state index >= 15 is 0 Å². The third-order valence-electron chi connectivity index (χ3n) is 0.772. The minimum Gasteiger partial charge on any atom is -0.385 e. The molecule has 0 spiro atoms. The number of methoxy groups -OCH3 is 1. The molecule has 3 nitrogen and oxygen atoms in total.